The van der Waals surface area contributed by atoms with E-state index >= 15 is 0 Å². The van der Waals surface area contributed by atoms with Crippen LogP contribution in [0.5, 0.6) is 17.2 Å². The van der Waals surface area contributed by atoms with Crippen LogP contribution in [0.25, 0.3) is 49.8 Å². The van der Waals surface area contributed by atoms with Crippen LogP contribution in [0.3, 0.4) is 0 Å². The van der Waals surface area contributed by atoms with Crippen LogP contribution in [-0.4, -0.2) is 153 Å². The van der Waals surface area contributed by atoms with Crippen LogP contribution in [-0.2, 0) is 13.1 Å². The average molecular weight is 1150 g/mol. The van der Waals surface area contributed by atoms with Gasteiger partial charge in [0.25, 0.3) is 16.7 Å². The van der Waals surface area contributed by atoms with Gasteiger partial charge < -0.3 is 24.8 Å². The Labute approximate surface area is 495 Å². The van der Waals surface area contributed by atoms with Crippen molar-refractivity contribution in [1.29, 1.82) is 5.26 Å². The van der Waals surface area contributed by atoms with Crippen LogP contribution in [0.4, 0.5) is 0 Å². The lowest BCUT2D eigenvalue weighted by atomic mass is 10.1. The number of ether oxygens (including phenoxy) is 3. The van der Waals surface area contributed by atoms with Crippen molar-refractivity contribution in [2.75, 3.05) is 105 Å². The number of nitriles is 1. The number of nitrogens with one attached hydrogen (secondary N) is 2. The molecule has 3 fully saturated rings. The normalized spacial score (nSPS) is 15.5. The minimum Gasteiger partial charge on any atom is -0.492 e. The molecule has 9 aromatic rings. The van der Waals surface area contributed by atoms with Gasteiger partial charge in [-0.3, -0.25) is 47.7 Å². The highest BCUT2D eigenvalue weighted by molar-refractivity contribution is 5.80. The van der Waals surface area contributed by atoms with Crippen LogP contribution in [0, 0.1) is 11.3 Å². The lowest BCUT2D eigenvalue weighted by Gasteiger charge is -2.33. The number of hydrogen-bond acceptors (Lipinski definition) is 16. The van der Waals surface area contributed by atoms with Gasteiger partial charge in [-0.2, -0.15) is 5.26 Å². The molecule has 0 spiro atoms. The second-order valence-electron chi connectivity index (χ2n) is 20.9. The summed E-state index contributed by atoms with van der Waals surface area (Å²) in [4.78, 5) is 64.2. The van der Waals surface area contributed by atoms with Gasteiger partial charge in [0.1, 0.15) is 34.7 Å². The molecular weight excluding hydrogens is 1070 g/mol. The molecular formula is C66H75N13O6. The van der Waals surface area contributed by atoms with Gasteiger partial charge in [-0.1, -0.05) is 72.8 Å². The van der Waals surface area contributed by atoms with Crippen molar-refractivity contribution in [2.24, 2.45) is 0 Å². The molecule has 19 nitrogen and oxygen atoms in total. The Morgan fingerprint density at radius 1 is 0.459 bits per heavy atom. The Hall–Kier alpha value is -8.61. The van der Waals surface area contributed by atoms with Crippen LogP contribution >= 0.6 is 0 Å². The van der Waals surface area contributed by atoms with Crippen molar-refractivity contribution >= 4 is 32.7 Å². The van der Waals surface area contributed by atoms with E-state index in [4.69, 9.17) is 34.4 Å². The second kappa shape index (κ2) is 28.8. The molecule has 19 heteroatoms. The summed E-state index contributed by atoms with van der Waals surface area (Å²) in [5.74, 6) is 4.24. The molecule has 3 aromatic heterocycles. The van der Waals surface area contributed by atoms with E-state index < -0.39 is 0 Å². The van der Waals surface area contributed by atoms with E-state index in [1.165, 1.54) is 0 Å². The fourth-order valence-corrected chi connectivity index (χ4v) is 11.2. The molecule has 6 heterocycles. The number of piperazine rings is 3. The number of benzene rings is 6. The van der Waals surface area contributed by atoms with Gasteiger partial charge in [0, 0.05) is 78.5 Å². The molecule has 440 valence electrons. The summed E-state index contributed by atoms with van der Waals surface area (Å²) in [6, 6.07) is 47.7. The lowest BCUT2D eigenvalue weighted by Crippen LogP contribution is -2.46. The standard InChI is InChI=1S/C23H25N5O2.C22H26N4O2.C21H24N4O2/c1-2-30-21-10-6-5-9-20(21)28-22(17-27-15-13-26(12-11-24)14-16-27)25-19-8-4-3-7-18(19)23(28)29;1-3-28-20-11-7-6-10-19(20)26-21(16(2)25-14-12-23-13-15-25)24-18-9-5-4-8-17(18)22(26)27;1-2-27-19-10-6-5-9-18(19)25-20(15-24-13-11-22-12-14-24)23-17-8-4-3-7-16(17)21(25)26/h3-10H,2,12-17H2,1H3;4-11,16,23H,3,12-15H2,1-2H3;3-10,22H,2,11-15H2,1H3. The minimum atomic E-state index is -0.0918. The van der Waals surface area contributed by atoms with Gasteiger partial charge >= 0.3 is 0 Å². The van der Waals surface area contributed by atoms with Crippen LogP contribution in [0.1, 0.15) is 51.2 Å². The highest BCUT2D eigenvalue weighted by atomic mass is 16.5. The molecule has 1 unspecified atom stereocenters. The summed E-state index contributed by atoms with van der Waals surface area (Å²) in [5, 5.41) is 17.5. The Bertz CT molecular complexity index is 3950. The zero-order chi connectivity index (χ0) is 59.1. The molecule has 3 aliphatic rings. The van der Waals surface area contributed by atoms with E-state index in [9.17, 15) is 14.4 Å². The molecule has 0 radical (unpaired) electrons. The van der Waals surface area contributed by atoms with Gasteiger partial charge in [0.2, 0.25) is 0 Å². The van der Waals surface area contributed by atoms with Crippen LogP contribution < -0.4 is 41.5 Å². The third-order valence-electron chi connectivity index (χ3n) is 15.5. The Kier molecular flexibility index (Phi) is 20.2. The van der Waals surface area contributed by atoms with Crippen molar-refractivity contribution < 1.29 is 14.2 Å². The van der Waals surface area contributed by atoms with E-state index in [1.54, 1.807) is 13.7 Å². The topological polar surface area (TPSA) is 193 Å². The lowest BCUT2D eigenvalue weighted by molar-refractivity contribution is 0.135. The van der Waals surface area contributed by atoms with Crippen LogP contribution in [0.2, 0.25) is 0 Å². The smallest absolute Gasteiger partial charge is 0.266 e. The molecule has 0 aliphatic carbocycles. The zero-order valence-electron chi connectivity index (χ0n) is 49.0. The number of hydrogen-bond donors (Lipinski definition) is 2. The predicted molar refractivity (Wildman–Crippen MR) is 334 cm³/mol. The molecule has 0 bridgehead atoms. The maximum atomic E-state index is 13.5. The van der Waals surface area contributed by atoms with Gasteiger partial charge in [0.15, 0.2) is 0 Å². The summed E-state index contributed by atoms with van der Waals surface area (Å²) in [5.41, 5.74) is 4.15. The van der Waals surface area contributed by atoms with E-state index in [2.05, 4.69) is 43.2 Å². The summed E-state index contributed by atoms with van der Waals surface area (Å²) in [7, 11) is 0. The van der Waals surface area contributed by atoms with E-state index in [0.29, 0.717) is 89.9 Å². The van der Waals surface area contributed by atoms with Gasteiger partial charge in [-0.15, -0.1) is 0 Å². The van der Waals surface area contributed by atoms with Gasteiger partial charge in [-0.25, -0.2) is 15.0 Å². The quantitative estimate of drug-likeness (QED) is 0.0911. The largest absolute Gasteiger partial charge is 0.492 e. The Morgan fingerprint density at radius 3 is 1.25 bits per heavy atom. The summed E-state index contributed by atoms with van der Waals surface area (Å²) < 4.78 is 22.6. The molecule has 12 rings (SSSR count). The third kappa shape index (κ3) is 13.8. The zero-order valence-corrected chi connectivity index (χ0v) is 49.0. The van der Waals surface area contributed by atoms with E-state index in [1.807, 2.05) is 166 Å². The van der Waals surface area contributed by atoms with Gasteiger partial charge in [-0.05, 0) is 100 Å². The van der Waals surface area contributed by atoms with E-state index in [-0.39, 0.29) is 22.7 Å². The highest BCUT2D eigenvalue weighted by Gasteiger charge is 2.27. The van der Waals surface area contributed by atoms with Crippen molar-refractivity contribution in [3.63, 3.8) is 0 Å². The number of rotatable bonds is 16. The molecule has 3 aliphatic heterocycles. The monoisotopic (exact) mass is 1150 g/mol. The number of para-hydroxylation sites is 9. The first-order valence-corrected chi connectivity index (χ1v) is 29.6. The van der Waals surface area contributed by atoms with Gasteiger partial charge in [0.05, 0.1) is 101 Å². The maximum Gasteiger partial charge on any atom is 0.266 e. The van der Waals surface area contributed by atoms with Crippen LogP contribution in [0.15, 0.2) is 160 Å². The first-order valence-electron chi connectivity index (χ1n) is 29.6. The van der Waals surface area contributed by atoms with Crippen molar-refractivity contribution in [2.45, 2.75) is 46.8 Å². The molecule has 2 N–H and O–H groups in total. The molecule has 0 amide bonds. The van der Waals surface area contributed by atoms with Crippen molar-refractivity contribution in [1.82, 2.24) is 58.9 Å². The third-order valence-corrected chi connectivity index (χ3v) is 15.5. The SMILES string of the molecule is CCOc1ccccc1-n1c(C(C)N2CCNCC2)nc2ccccc2c1=O.CCOc1ccccc1-n1c(CN2CCN(CC#N)CC2)nc2ccccc2c1=O.CCOc1ccccc1-n1c(CN2CCNCC2)nc2ccccc2c1=O. The molecule has 0 saturated carbocycles. The first-order chi connectivity index (χ1) is 41.7. The second-order valence-corrected chi connectivity index (χ2v) is 20.9. The maximum absolute atomic E-state index is 13.5. The fraction of sp³-hybridized carbons (Fsp3) is 0.348. The first kappa shape index (κ1) is 59.5. The predicted octanol–water partition coefficient (Wildman–Crippen LogP) is 7.37. The number of nitrogens with zero attached hydrogens (tertiary/aromatic N) is 11. The molecule has 6 aromatic carbocycles. The van der Waals surface area contributed by atoms with E-state index in [0.717, 1.165) is 113 Å². The average Bonchev–Trinajstić information content (AvgIpc) is 2.13. The van der Waals surface area contributed by atoms with Crippen molar-refractivity contribution in [3.05, 3.63) is 194 Å². The summed E-state index contributed by atoms with van der Waals surface area (Å²) in [6.07, 6.45) is 0. The highest BCUT2D eigenvalue weighted by Crippen LogP contribution is 2.29. The summed E-state index contributed by atoms with van der Waals surface area (Å²) >= 11 is 0. The summed E-state index contributed by atoms with van der Waals surface area (Å²) in [6.45, 7) is 22.0. The van der Waals surface area contributed by atoms with Crippen molar-refractivity contribution in [3.8, 4) is 40.4 Å². The Morgan fingerprint density at radius 2 is 0.812 bits per heavy atom. The number of fused-ring (bicyclic) bond motifs is 3. The minimum absolute atomic E-state index is 0.00842. The molecule has 1 atom stereocenters. The number of aromatic nitrogens is 6. The fourth-order valence-electron chi connectivity index (χ4n) is 11.2. The molecule has 3 saturated heterocycles. The molecule has 85 heavy (non-hydrogen) atoms. The Balaban J connectivity index is 0.000000142.